The number of aromatic amines is 1. The minimum absolute atomic E-state index is 0.162. The SMILES string of the molecule is Cc1cn([C@@H]2O[C@H](CO[Si](C)(C)C(C)(C)C)[C@@](C#N)(OS(C)(=O)=O)[C@H]2O[Si](C)(C)C(C)(C)C)c(=O)[nH]c1=O. The van der Waals surface area contributed by atoms with E-state index in [4.69, 9.17) is 17.8 Å². The van der Waals surface area contributed by atoms with Crippen molar-refractivity contribution in [3.05, 3.63) is 32.6 Å². The van der Waals surface area contributed by atoms with Crippen LogP contribution in [0.2, 0.25) is 36.3 Å². The monoisotopic (exact) mass is 589 g/mol. The summed E-state index contributed by atoms with van der Waals surface area (Å²) in [4.78, 5) is 27.3. The fourth-order valence-electron chi connectivity index (χ4n) is 3.53. The van der Waals surface area contributed by atoms with Crippen LogP contribution >= 0.6 is 0 Å². The van der Waals surface area contributed by atoms with E-state index in [2.05, 4.69) is 4.98 Å². The Kier molecular flexibility index (Phi) is 8.94. The van der Waals surface area contributed by atoms with Gasteiger partial charge in [-0.15, -0.1) is 0 Å². The van der Waals surface area contributed by atoms with Crippen molar-refractivity contribution in [1.82, 2.24) is 9.55 Å². The van der Waals surface area contributed by atoms with Crippen LogP contribution in [0.5, 0.6) is 0 Å². The molecule has 1 aliphatic rings. The normalized spacial score (nSPS) is 25.4. The van der Waals surface area contributed by atoms with E-state index in [9.17, 15) is 23.3 Å². The molecule has 2 heterocycles. The number of aromatic nitrogens is 2. The van der Waals surface area contributed by atoms with E-state index in [1.54, 1.807) is 0 Å². The largest absolute Gasteiger partial charge is 0.414 e. The first-order chi connectivity index (χ1) is 16.9. The van der Waals surface area contributed by atoms with Crippen molar-refractivity contribution in [2.75, 3.05) is 12.9 Å². The molecule has 0 unspecified atom stereocenters. The molecular weight excluding hydrogens is 547 g/mol. The second-order valence-corrected chi connectivity index (χ2v) is 24.2. The zero-order valence-electron chi connectivity index (χ0n) is 24.6. The molecule has 11 nitrogen and oxygen atoms in total. The van der Waals surface area contributed by atoms with Gasteiger partial charge in [0, 0.05) is 11.8 Å². The van der Waals surface area contributed by atoms with Crippen LogP contribution in [-0.4, -0.2) is 65.3 Å². The maximum atomic E-state index is 12.9. The number of ether oxygens (including phenoxy) is 1. The molecule has 0 saturated carbocycles. The van der Waals surface area contributed by atoms with Gasteiger partial charge in [0.1, 0.15) is 18.3 Å². The number of hydrogen-bond donors (Lipinski definition) is 1. The standard InChI is InChI=1S/C24H43N3O8SSi2/c1-16-13-27(21(29)26-19(16)28)20-18(34-38(11,12)23(5,6)7)24(15-25,35-36(8,30)31)17(33-20)14-32-37(9,10)22(2,3)4/h13,17-18,20H,14H2,1-12H3,(H,26,28,29)/t17-,18+,20-,24-/m1/s1. The van der Waals surface area contributed by atoms with Crippen LogP contribution in [0.1, 0.15) is 53.3 Å². The highest BCUT2D eigenvalue weighted by atomic mass is 32.2. The molecule has 1 aliphatic heterocycles. The molecule has 0 bridgehead atoms. The number of hydrogen-bond acceptors (Lipinski definition) is 9. The number of nitrogens with zero attached hydrogens (tertiary/aromatic N) is 2. The molecule has 2 rings (SSSR count). The summed E-state index contributed by atoms with van der Waals surface area (Å²) in [6.07, 6.45) is -1.67. The molecular formula is C24H43N3O8SSi2. The van der Waals surface area contributed by atoms with Crippen molar-refractivity contribution < 1.29 is 26.2 Å². The third-order valence-corrected chi connectivity index (χ3v) is 17.5. The molecule has 1 aromatic heterocycles. The van der Waals surface area contributed by atoms with Gasteiger partial charge in [-0.05, 0) is 43.2 Å². The molecule has 0 amide bonds. The average molecular weight is 590 g/mol. The smallest absolute Gasteiger partial charge is 0.330 e. The zero-order valence-corrected chi connectivity index (χ0v) is 27.4. The van der Waals surface area contributed by atoms with Crippen molar-refractivity contribution in [2.45, 2.75) is 109 Å². The number of rotatable bonds is 8. The number of aryl methyl sites for hydroxylation is 1. The summed E-state index contributed by atoms with van der Waals surface area (Å²) in [5.74, 6) is 0. The predicted molar refractivity (Wildman–Crippen MR) is 149 cm³/mol. The average Bonchev–Trinajstić information content (AvgIpc) is 2.99. The van der Waals surface area contributed by atoms with Crippen molar-refractivity contribution >= 4 is 26.8 Å². The Morgan fingerprint density at radius 1 is 1.11 bits per heavy atom. The van der Waals surface area contributed by atoms with Crippen molar-refractivity contribution in [2.24, 2.45) is 0 Å². The van der Waals surface area contributed by atoms with Gasteiger partial charge >= 0.3 is 5.69 Å². The number of H-pyrrole nitrogens is 1. The van der Waals surface area contributed by atoms with Gasteiger partial charge in [0.15, 0.2) is 22.9 Å². The topological polar surface area (TPSA) is 150 Å². The van der Waals surface area contributed by atoms with E-state index < -0.39 is 62.0 Å². The van der Waals surface area contributed by atoms with Gasteiger partial charge in [0.2, 0.25) is 5.60 Å². The Balaban J connectivity index is 2.81. The van der Waals surface area contributed by atoms with E-state index in [0.717, 1.165) is 10.8 Å². The zero-order chi connectivity index (χ0) is 29.7. The Bertz CT molecular complexity index is 1300. The van der Waals surface area contributed by atoms with Crippen LogP contribution in [-0.2, 0) is 27.9 Å². The minimum Gasteiger partial charge on any atom is -0.414 e. The van der Waals surface area contributed by atoms with Gasteiger partial charge in [0.25, 0.3) is 15.7 Å². The lowest BCUT2D eigenvalue weighted by Crippen LogP contribution is -2.58. The molecule has 1 N–H and O–H groups in total. The quantitative estimate of drug-likeness (QED) is 0.355. The van der Waals surface area contributed by atoms with Gasteiger partial charge in [-0.25, -0.2) is 8.98 Å². The fourth-order valence-corrected chi connectivity index (χ4v) is 6.55. The van der Waals surface area contributed by atoms with Crippen LogP contribution < -0.4 is 11.2 Å². The maximum absolute atomic E-state index is 12.9. The van der Waals surface area contributed by atoms with E-state index >= 15 is 0 Å². The van der Waals surface area contributed by atoms with E-state index in [0.29, 0.717) is 0 Å². The van der Waals surface area contributed by atoms with Crippen molar-refractivity contribution in [3.8, 4) is 6.07 Å². The summed E-state index contributed by atoms with van der Waals surface area (Å²) in [7, 11) is -9.29. The van der Waals surface area contributed by atoms with Gasteiger partial charge in [-0.2, -0.15) is 13.7 Å². The Hall–Kier alpha value is -1.61. The lowest BCUT2D eigenvalue weighted by atomic mass is 9.94. The lowest BCUT2D eigenvalue weighted by Gasteiger charge is -2.42. The first-order valence-electron chi connectivity index (χ1n) is 12.5. The van der Waals surface area contributed by atoms with Crippen LogP contribution in [0.15, 0.2) is 15.8 Å². The molecule has 4 atom stereocenters. The van der Waals surface area contributed by atoms with E-state index in [-0.39, 0.29) is 22.2 Å². The number of nitriles is 1. The van der Waals surface area contributed by atoms with Crippen LogP contribution in [0.4, 0.5) is 0 Å². The predicted octanol–water partition coefficient (Wildman–Crippen LogP) is 3.39. The maximum Gasteiger partial charge on any atom is 0.330 e. The summed E-state index contributed by atoms with van der Waals surface area (Å²) < 4.78 is 51.0. The highest BCUT2D eigenvalue weighted by Gasteiger charge is 2.64. The van der Waals surface area contributed by atoms with Crippen molar-refractivity contribution in [1.29, 1.82) is 5.26 Å². The molecule has 38 heavy (non-hydrogen) atoms. The molecule has 216 valence electrons. The van der Waals surface area contributed by atoms with Gasteiger partial charge in [-0.3, -0.25) is 14.3 Å². The van der Waals surface area contributed by atoms with Gasteiger partial charge in [0.05, 0.1) is 12.9 Å². The van der Waals surface area contributed by atoms with Crippen LogP contribution in [0.25, 0.3) is 0 Å². The molecule has 1 saturated heterocycles. The van der Waals surface area contributed by atoms with Gasteiger partial charge in [-0.1, -0.05) is 41.5 Å². The summed E-state index contributed by atoms with van der Waals surface area (Å²) in [5, 5.41) is 10.0. The molecule has 0 aromatic carbocycles. The third kappa shape index (κ3) is 6.57. The Labute approximate surface area is 227 Å². The second kappa shape index (κ2) is 10.4. The molecule has 1 aromatic rings. The summed E-state index contributed by atoms with van der Waals surface area (Å²) in [5.41, 5.74) is -3.29. The second-order valence-electron chi connectivity index (χ2n) is 13.1. The fraction of sp³-hybridized carbons (Fsp3) is 0.792. The first kappa shape index (κ1) is 32.6. The van der Waals surface area contributed by atoms with E-state index in [1.807, 2.05) is 73.8 Å². The first-order valence-corrected chi connectivity index (χ1v) is 20.1. The Morgan fingerprint density at radius 2 is 1.63 bits per heavy atom. The lowest BCUT2D eigenvalue weighted by molar-refractivity contribution is -0.0545. The van der Waals surface area contributed by atoms with Crippen molar-refractivity contribution in [3.63, 3.8) is 0 Å². The Morgan fingerprint density at radius 3 is 2.08 bits per heavy atom. The molecule has 1 fully saturated rings. The minimum atomic E-state index is -4.20. The van der Waals surface area contributed by atoms with Gasteiger partial charge < -0.3 is 13.6 Å². The highest BCUT2D eigenvalue weighted by molar-refractivity contribution is 7.86. The van der Waals surface area contributed by atoms with Crippen LogP contribution in [0.3, 0.4) is 0 Å². The molecule has 14 heteroatoms. The molecule has 0 radical (unpaired) electrons. The summed E-state index contributed by atoms with van der Waals surface area (Å²) in [6.45, 7) is 21.4. The number of nitrogens with one attached hydrogen (secondary N) is 1. The van der Waals surface area contributed by atoms with Crippen LogP contribution in [0, 0.1) is 18.3 Å². The van der Waals surface area contributed by atoms with E-state index in [1.165, 1.54) is 13.1 Å². The summed E-state index contributed by atoms with van der Waals surface area (Å²) in [6, 6.07) is 2.05. The molecule has 0 spiro atoms. The highest BCUT2D eigenvalue weighted by Crippen LogP contribution is 2.48. The summed E-state index contributed by atoms with van der Waals surface area (Å²) >= 11 is 0. The third-order valence-electron chi connectivity index (χ3n) is 7.98. The molecule has 0 aliphatic carbocycles.